The molecule has 0 atom stereocenters. The van der Waals surface area contributed by atoms with Gasteiger partial charge in [0, 0.05) is 23.0 Å². The molecule has 24 heavy (non-hydrogen) atoms. The summed E-state index contributed by atoms with van der Waals surface area (Å²) in [5, 5.41) is 12.1. The number of nitrogens with zero attached hydrogens (tertiary/aromatic N) is 2. The average molecular weight is 314 g/mol. The van der Waals surface area contributed by atoms with Crippen LogP contribution >= 0.6 is 0 Å². The number of anilines is 2. The number of carbonyl (C=O) groups is 1. The number of pyridine rings is 1. The molecule has 0 unspecified atom stereocenters. The van der Waals surface area contributed by atoms with E-state index in [1.54, 1.807) is 42.7 Å². The van der Waals surface area contributed by atoms with E-state index in [1.165, 1.54) is 0 Å². The van der Waals surface area contributed by atoms with Crippen molar-refractivity contribution in [3.8, 4) is 17.2 Å². The molecule has 0 saturated heterocycles. The summed E-state index contributed by atoms with van der Waals surface area (Å²) >= 11 is 0. The van der Waals surface area contributed by atoms with E-state index in [1.807, 2.05) is 24.3 Å². The van der Waals surface area contributed by atoms with Crippen LogP contribution in [-0.2, 0) is 0 Å². The molecule has 0 aliphatic heterocycles. The van der Waals surface area contributed by atoms with Gasteiger partial charge in [0.15, 0.2) is 0 Å². The van der Waals surface area contributed by atoms with E-state index in [9.17, 15) is 4.79 Å². The van der Waals surface area contributed by atoms with E-state index >= 15 is 0 Å². The minimum Gasteiger partial charge on any atom is -0.366 e. The Morgan fingerprint density at radius 3 is 2.50 bits per heavy atom. The third-order valence-corrected chi connectivity index (χ3v) is 3.52. The van der Waals surface area contributed by atoms with E-state index in [2.05, 4.69) is 16.4 Å². The maximum absolute atomic E-state index is 11.3. The Morgan fingerprint density at radius 1 is 1.00 bits per heavy atom. The molecule has 3 N–H and O–H groups in total. The molecule has 0 aliphatic carbocycles. The number of primary amides is 1. The third-order valence-electron chi connectivity index (χ3n) is 3.52. The fourth-order valence-electron chi connectivity index (χ4n) is 2.31. The maximum atomic E-state index is 11.3. The minimum absolute atomic E-state index is 0.456. The van der Waals surface area contributed by atoms with Crippen LogP contribution in [0.2, 0.25) is 0 Å². The van der Waals surface area contributed by atoms with Crippen LogP contribution in [0.5, 0.6) is 0 Å². The molecule has 1 heterocycles. The van der Waals surface area contributed by atoms with Crippen LogP contribution in [0.15, 0.2) is 67.0 Å². The number of hydrogen-bond acceptors (Lipinski definition) is 4. The topological polar surface area (TPSA) is 91.8 Å². The molecule has 0 aliphatic rings. The first-order valence-corrected chi connectivity index (χ1v) is 7.28. The summed E-state index contributed by atoms with van der Waals surface area (Å²) in [4.78, 5) is 15.6. The van der Waals surface area contributed by atoms with Crippen molar-refractivity contribution in [2.24, 2.45) is 5.73 Å². The number of aromatic nitrogens is 1. The van der Waals surface area contributed by atoms with E-state index < -0.39 is 5.91 Å². The van der Waals surface area contributed by atoms with Crippen molar-refractivity contribution in [2.45, 2.75) is 0 Å². The zero-order valence-electron chi connectivity index (χ0n) is 12.7. The van der Waals surface area contributed by atoms with Gasteiger partial charge in [0.25, 0.3) is 0 Å². The largest absolute Gasteiger partial charge is 0.366 e. The lowest BCUT2D eigenvalue weighted by Crippen LogP contribution is -2.10. The van der Waals surface area contributed by atoms with Crippen LogP contribution < -0.4 is 11.1 Å². The molecule has 0 radical (unpaired) electrons. The summed E-state index contributed by atoms with van der Waals surface area (Å²) in [6.45, 7) is 0. The standard InChI is InChI=1S/C19H14N4O/c20-10-13-4-6-17(7-5-13)23-18-9-16(11-22-12-18)14-2-1-3-15(8-14)19(21)24/h1-9,11-12,23H,(H2,21,24). The van der Waals surface area contributed by atoms with Crippen molar-refractivity contribution in [1.29, 1.82) is 5.26 Å². The second-order valence-corrected chi connectivity index (χ2v) is 5.22. The number of carbonyl (C=O) groups excluding carboxylic acids is 1. The lowest BCUT2D eigenvalue weighted by Gasteiger charge is -2.09. The van der Waals surface area contributed by atoms with E-state index in [-0.39, 0.29) is 0 Å². The Bertz CT molecular complexity index is 927. The van der Waals surface area contributed by atoms with Gasteiger partial charge >= 0.3 is 0 Å². The first kappa shape index (κ1) is 15.3. The van der Waals surface area contributed by atoms with Crippen molar-refractivity contribution in [2.75, 3.05) is 5.32 Å². The van der Waals surface area contributed by atoms with Gasteiger partial charge < -0.3 is 11.1 Å². The summed E-state index contributed by atoms with van der Waals surface area (Å²) in [5.41, 5.74) is 9.79. The van der Waals surface area contributed by atoms with Gasteiger partial charge in [0.1, 0.15) is 0 Å². The number of hydrogen-bond donors (Lipinski definition) is 2. The highest BCUT2D eigenvalue weighted by molar-refractivity contribution is 5.94. The highest BCUT2D eigenvalue weighted by Gasteiger charge is 2.05. The van der Waals surface area contributed by atoms with Gasteiger partial charge in [-0.2, -0.15) is 5.26 Å². The van der Waals surface area contributed by atoms with Crippen molar-refractivity contribution in [1.82, 2.24) is 4.98 Å². The second-order valence-electron chi connectivity index (χ2n) is 5.22. The van der Waals surface area contributed by atoms with Gasteiger partial charge in [-0.3, -0.25) is 9.78 Å². The first-order chi connectivity index (χ1) is 11.7. The summed E-state index contributed by atoms with van der Waals surface area (Å²) in [6, 6.07) is 18.3. The lowest BCUT2D eigenvalue weighted by molar-refractivity contribution is 0.100. The van der Waals surface area contributed by atoms with Crippen LogP contribution in [0.1, 0.15) is 15.9 Å². The Balaban J connectivity index is 1.87. The lowest BCUT2D eigenvalue weighted by atomic mass is 10.0. The molecule has 3 aromatic rings. The molecule has 1 amide bonds. The van der Waals surface area contributed by atoms with Gasteiger partial charge in [0.2, 0.25) is 5.91 Å². The smallest absolute Gasteiger partial charge is 0.248 e. The van der Waals surface area contributed by atoms with Crippen LogP contribution in [0.3, 0.4) is 0 Å². The quantitative estimate of drug-likeness (QED) is 0.771. The highest BCUT2D eigenvalue weighted by atomic mass is 16.1. The second kappa shape index (κ2) is 6.63. The van der Waals surface area contributed by atoms with Crippen molar-refractivity contribution in [3.63, 3.8) is 0 Å². The molecule has 0 fully saturated rings. The molecule has 5 nitrogen and oxygen atoms in total. The molecular formula is C19H14N4O. The Morgan fingerprint density at radius 2 is 1.79 bits per heavy atom. The monoisotopic (exact) mass is 314 g/mol. The molecule has 116 valence electrons. The van der Waals surface area contributed by atoms with E-state index in [0.29, 0.717) is 11.1 Å². The summed E-state index contributed by atoms with van der Waals surface area (Å²) in [7, 11) is 0. The van der Waals surface area contributed by atoms with Crippen molar-refractivity contribution < 1.29 is 4.79 Å². The number of nitriles is 1. The molecular weight excluding hydrogens is 300 g/mol. The summed E-state index contributed by atoms with van der Waals surface area (Å²) < 4.78 is 0. The van der Waals surface area contributed by atoms with E-state index in [0.717, 1.165) is 22.5 Å². The summed E-state index contributed by atoms with van der Waals surface area (Å²) in [6.07, 6.45) is 3.43. The molecule has 0 spiro atoms. The first-order valence-electron chi connectivity index (χ1n) is 7.28. The van der Waals surface area contributed by atoms with E-state index in [4.69, 9.17) is 11.0 Å². The Labute approximate surface area is 139 Å². The van der Waals surface area contributed by atoms with Crippen molar-refractivity contribution in [3.05, 3.63) is 78.1 Å². The molecule has 1 aromatic heterocycles. The van der Waals surface area contributed by atoms with Crippen molar-refractivity contribution >= 4 is 17.3 Å². The number of rotatable bonds is 4. The number of nitrogens with one attached hydrogen (secondary N) is 1. The number of nitrogens with two attached hydrogens (primary N) is 1. The molecule has 0 saturated carbocycles. The fourth-order valence-corrected chi connectivity index (χ4v) is 2.31. The third kappa shape index (κ3) is 3.39. The van der Waals surface area contributed by atoms with Gasteiger partial charge in [-0.25, -0.2) is 0 Å². The van der Waals surface area contributed by atoms with Gasteiger partial charge in [-0.05, 0) is 48.0 Å². The predicted molar refractivity (Wildman–Crippen MR) is 92.6 cm³/mol. The van der Waals surface area contributed by atoms with Gasteiger partial charge in [-0.1, -0.05) is 12.1 Å². The number of amides is 1. The Hall–Kier alpha value is -3.65. The van der Waals surface area contributed by atoms with Gasteiger partial charge in [0.05, 0.1) is 23.5 Å². The molecule has 3 rings (SSSR count). The van der Waals surface area contributed by atoms with Crippen LogP contribution in [0.25, 0.3) is 11.1 Å². The maximum Gasteiger partial charge on any atom is 0.248 e. The highest BCUT2D eigenvalue weighted by Crippen LogP contribution is 2.24. The molecule has 2 aromatic carbocycles. The zero-order valence-corrected chi connectivity index (χ0v) is 12.7. The fraction of sp³-hybridized carbons (Fsp3) is 0. The molecule has 0 bridgehead atoms. The normalized spacial score (nSPS) is 9.96. The SMILES string of the molecule is N#Cc1ccc(Nc2cncc(-c3cccc(C(N)=O)c3)c2)cc1. The van der Waals surface area contributed by atoms with Crippen LogP contribution in [0, 0.1) is 11.3 Å². The number of benzene rings is 2. The molecule has 5 heteroatoms. The van der Waals surface area contributed by atoms with Crippen LogP contribution in [-0.4, -0.2) is 10.9 Å². The predicted octanol–water partition coefficient (Wildman–Crippen LogP) is 3.46. The minimum atomic E-state index is -0.461. The summed E-state index contributed by atoms with van der Waals surface area (Å²) in [5.74, 6) is -0.461. The van der Waals surface area contributed by atoms with Crippen LogP contribution in [0.4, 0.5) is 11.4 Å². The van der Waals surface area contributed by atoms with Gasteiger partial charge in [-0.15, -0.1) is 0 Å². The Kier molecular flexibility index (Phi) is 4.21. The zero-order chi connectivity index (χ0) is 16.9. The average Bonchev–Trinajstić information content (AvgIpc) is 2.63.